The van der Waals surface area contributed by atoms with Gasteiger partial charge in [-0.15, -0.1) is 6.58 Å². The average molecular weight is 397 g/mol. The molecule has 2 aromatic rings. The van der Waals surface area contributed by atoms with Crippen LogP contribution in [0, 0.1) is 29.4 Å². The van der Waals surface area contributed by atoms with Crippen LogP contribution in [0.2, 0.25) is 0 Å². The van der Waals surface area contributed by atoms with E-state index in [1.165, 1.54) is 44.6 Å². The van der Waals surface area contributed by atoms with E-state index in [1.807, 2.05) is 18.2 Å². The van der Waals surface area contributed by atoms with Gasteiger partial charge in [-0.25, -0.2) is 8.78 Å². The number of hydrogen-bond donors (Lipinski definition) is 0. The maximum absolute atomic E-state index is 15.1. The van der Waals surface area contributed by atoms with Crippen molar-refractivity contribution >= 4 is 10.8 Å². The van der Waals surface area contributed by atoms with E-state index in [0.717, 1.165) is 48.0 Å². The molecule has 0 bridgehead atoms. The summed E-state index contributed by atoms with van der Waals surface area (Å²) in [6.45, 7) is 5.99. The van der Waals surface area contributed by atoms with Gasteiger partial charge in [0.2, 0.25) is 0 Å². The molecule has 2 saturated carbocycles. The number of fused-ring (bicyclic) bond motifs is 2. The maximum Gasteiger partial charge on any atom is 0.134 e. The first-order valence-electron chi connectivity index (χ1n) is 11.6. The van der Waals surface area contributed by atoms with E-state index in [1.54, 1.807) is 6.08 Å². The molecule has 4 unspecified atom stereocenters. The van der Waals surface area contributed by atoms with Gasteiger partial charge in [0.25, 0.3) is 0 Å². The van der Waals surface area contributed by atoms with Crippen molar-refractivity contribution in [3.63, 3.8) is 0 Å². The number of aryl methyl sites for hydroxylation is 1. The zero-order valence-electron chi connectivity index (χ0n) is 17.7. The highest BCUT2D eigenvalue weighted by atomic mass is 19.1. The van der Waals surface area contributed by atoms with Crippen LogP contribution in [0.15, 0.2) is 36.9 Å². The smallest absolute Gasteiger partial charge is 0.134 e. The second-order valence-corrected chi connectivity index (χ2v) is 9.46. The van der Waals surface area contributed by atoms with Gasteiger partial charge in [-0.3, -0.25) is 0 Å². The molecule has 29 heavy (non-hydrogen) atoms. The predicted molar refractivity (Wildman–Crippen MR) is 118 cm³/mol. The fourth-order valence-electron chi connectivity index (χ4n) is 6.07. The Kier molecular flexibility index (Phi) is 6.37. The van der Waals surface area contributed by atoms with Crippen molar-refractivity contribution < 1.29 is 8.78 Å². The summed E-state index contributed by atoms with van der Waals surface area (Å²) in [5.74, 6) is 2.29. The van der Waals surface area contributed by atoms with E-state index in [4.69, 9.17) is 0 Å². The second-order valence-electron chi connectivity index (χ2n) is 9.46. The molecule has 0 aliphatic heterocycles. The largest absolute Gasteiger partial charge is 0.207 e. The summed E-state index contributed by atoms with van der Waals surface area (Å²) < 4.78 is 29.9. The lowest BCUT2D eigenvalue weighted by Crippen LogP contribution is -2.30. The van der Waals surface area contributed by atoms with Gasteiger partial charge in [-0.05, 0) is 97.3 Å². The Bertz CT molecular complexity index is 868. The fourth-order valence-corrected chi connectivity index (χ4v) is 6.07. The van der Waals surface area contributed by atoms with Crippen molar-refractivity contribution in [1.29, 1.82) is 0 Å². The molecule has 2 aliphatic carbocycles. The van der Waals surface area contributed by atoms with Crippen molar-refractivity contribution in [3.05, 3.63) is 59.7 Å². The van der Waals surface area contributed by atoms with E-state index < -0.39 is 0 Å². The van der Waals surface area contributed by atoms with E-state index in [0.29, 0.717) is 17.4 Å². The third-order valence-electron chi connectivity index (χ3n) is 7.63. The first kappa shape index (κ1) is 20.6. The van der Waals surface area contributed by atoms with Gasteiger partial charge in [0, 0.05) is 5.39 Å². The van der Waals surface area contributed by atoms with E-state index in [9.17, 15) is 4.39 Å². The number of benzene rings is 2. The highest BCUT2D eigenvalue weighted by Gasteiger charge is 2.36. The summed E-state index contributed by atoms with van der Waals surface area (Å²) in [6.07, 6.45) is 13.2. The van der Waals surface area contributed by atoms with Gasteiger partial charge in [0.15, 0.2) is 0 Å². The van der Waals surface area contributed by atoms with Gasteiger partial charge in [0.05, 0.1) is 0 Å². The molecule has 0 amide bonds. The minimum absolute atomic E-state index is 0.222. The topological polar surface area (TPSA) is 0 Å². The van der Waals surface area contributed by atoms with Gasteiger partial charge < -0.3 is 0 Å². The van der Waals surface area contributed by atoms with Crippen LogP contribution >= 0.6 is 0 Å². The molecular formula is C27H34F2. The zero-order valence-corrected chi connectivity index (χ0v) is 17.7. The van der Waals surface area contributed by atoms with Gasteiger partial charge >= 0.3 is 0 Å². The van der Waals surface area contributed by atoms with Crippen LogP contribution in [0.25, 0.3) is 10.8 Å². The van der Waals surface area contributed by atoms with Gasteiger partial charge in [-0.1, -0.05) is 44.4 Å². The van der Waals surface area contributed by atoms with Crippen LogP contribution in [-0.2, 0) is 6.42 Å². The Balaban J connectivity index is 1.54. The normalized spacial score (nSPS) is 27.0. The van der Waals surface area contributed by atoms with Crippen molar-refractivity contribution in [2.24, 2.45) is 17.8 Å². The lowest BCUT2D eigenvalue weighted by atomic mass is 9.63. The molecule has 4 atom stereocenters. The molecule has 156 valence electrons. The minimum atomic E-state index is -0.271. The molecule has 0 N–H and O–H groups in total. The second kappa shape index (κ2) is 8.98. The molecule has 0 nitrogen and oxygen atoms in total. The molecule has 0 radical (unpaired) electrons. The molecule has 2 fully saturated rings. The van der Waals surface area contributed by atoms with Crippen LogP contribution in [-0.4, -0.2) is 0 Å². The Morgan fingerprint density at radius 1 is 1.03 bits per heavy atom. The zero-order chi connectivity index (χ0) is 20.4. The summed E-state index contributed by atoms with van der Waals surface area (Å²) >= 11 is 0. The lowest BCUT2D eigenvalue weighted by Gasteiger charge is -2.42. The molecule has 2 heteroatoms. The quantitative estimate of drug-likeness (QED) is 0.430. The summed E-state index contributed by atoms with van der Waals surface area (Å²) in [6, 6.07) is 7.19. The Hall–Kier alpha value is -1.70. The van der Waals surface area contributed by atoms with E-state index >= 15 is 4.39 Å². The fraction of sp³-hybridized carbons (Fsp3) is 0.556. The predicted octanol–water partition coefficient (Wildman–Crippen LogP) is 8.34. The van der Waals surface area contributed by atoms with Crippen molar-refractivity contribution in [2.75, 3.05) is 0 Å². The Morgan fingerprint density at radius 3 is 2.62 bits per heavy atom. The lowest BCUT2D eigenvalue weighted by molar-refractivity contribution is 0.113. The van der Waals surface area contributed by atoms with Crippen LogP contribution < -0.4 is 0 Å². The molecular weight excluding hydrogens is 362 g/mol. The first-order valence-corrected chi connectivity index (χ1v) is 11.6. The number of hydrogen-bond acceptors (Lipinski definition) is 0. The van der Waals surface area contributed by atoms with Gasteiger partial charge in [0.1, 0.15) is 11.6 Å². The summed E-state index contributed by atoms with van der Waals surface area (Å²) in [7, 11) is 0. The van der Waals surface area contributed by atoms with E-state index in [-0.39, 0.29) is 17.6 Å². The van der Waals surface area contributed by atoms with E-state index in [2.05, 4.69) is 13.5 Å². The standard InChI is InChI=1S/C27H34F2/c1-3-5-7-19-10-12-23-16-24(26(28)17-25(23)27(19)29)22-13-11-20-14-18(6-4-2)8-9-21(20)15-22/h3,10,12,16-18,20-22H,1,4-9,11,13-15H2,2H3. The molecule has 0 spiro atoms. The van der Waals surface area contributed by atoms with Gasteiger partial charge in [-0.2, -0.15) is 0 Å². The average Bonchev–Trinajstić information content (AvgIpc) is 2.73. The molecule has 2 aromatic carbocycles. The maximum atomic E-state index is 15.1. The monoisotopic (exact) mass is 396 g/mol. The molecule has 0 heterocycles. The minimum Gasteiger partial charge on any atom is -0.207 e. The molecule has 4 rings (SSSR count). The van der Waals surface area contributed by atoms with Crippen LogP contribution in [0.3, 0.4) is 0 Å². The highest BCUT2D eigenvalue weighted by molar-refractivity contribution is 5.85. The van der Waals surface area contributed by atoms with Crippen molar-refractivity contribution in [1.82, 2.24) is 0 Å². The SMILES string of the molecule is C=CCCc1ccc2cc(C3CCC4CC(CCC)CCC4C3)c(F)cc2c1F. The Morgan fingerprint density at radius 2 is 1.83 bits per heavy atom. The molecule has 0 aromatic heterocycles. The van der Waals surface area contributed by atoms with Crippen molar-refractivity contribution in [3.8, 4) is 0 Å². The summed E-state index contributed by atoms with van der Waals surface area (Å²) in [5, 5.41) is 1.25. The molecule has 0 saturated heterocycles. The van der Waals surface area contributed by atoms with Crippen LogP contribution in [0.4, 0.5) is 8.78 Å². The number of rotatable bonds is 6. The molecule has 2 aliphatic rings. The summed E-state index contributed by atoms with van der Waals surface area (Å²) in [4.78, 5) is 0. The Labute approximate surface area is 174 Å². The third-order valence-corrected chi connectivity index (χ3v) is 7.63. The van der Waals surface area contributed by atoms with Crippen LogP contribution in [0.5, 0.6) is 0 Å². The third kappa shape index (κ3) is 4.27. The first-order chi connectivity index (χ1) is 14.1. The number of allylic oxidation sites excluding steroid dienone is 1. The summed E-state index contributed by atoms with van der Waals surface area (Å²) in [5.41, 5.74) is 1.46. The highest BCUT2D eigenvalue weighted by Crippen LogP contribution is 2.49. The van der Waals surface area contributed by atoms with Crippen LogP contribution in [0.1, 0.15) is 81.8 Å². The van der Waals surface area contributed by atoms with Crippen molar-refractivity contribution in [2.45, 2.75) is 77.0 Å². The number of halogens is 2.